The molecule has 31 heavy (non-hydrogen) atoms. The predicted molar refractivity (Wildman–Crippen MR) is 118 cm³/mol. The summed E-state index contributed by atoms with van der Waals surface area (Å²) in [6, 6.07) is 8.11. The van der Waals surface area contributed by atoms with E-state index in [1.54, 1.807) is 0 Å². The van der Waals surface area contributed by atoms with Crippen LogP contribution in [0.25, 0.3) is 22.5 Å². The van der Waals surface area contributed by atoms with Crippen molar-refractivity contribution in [2.45, 2.75) is 63.7 Å². The smallest absolute Gasteiger partial charge is 0.181 e. The van der Waals surface area contributed by atoms with Crippen molar-refractivity contribution < 1.29 is 9.84 Å². The van der Waals surface area contributed by atoms with Gasteiger partial charge in [-0.2, -0.15) is 0 Å². The zero-order chi connectivity index (χ0) is 21.0. The van der Waals surface area contributed by atoms with Gasteiger partial charge in [-0.05, 0) is 60.6 Å². The quantitative estimate of drug-likeness (QED) is 0.581. The van der Waals surface area contributed by atoms with Gasteiger partial charge in [0.1, 0.15) is 12.4 Å². The highest BCUT2D eigenvalue weighted by molar-refractivity contribution is 5.88. The second-order valence-corrected chi connectivity index (χ2v) is 8.53. The summed E-state index contributed by atoms with van der Waals surface area (Å²) in [5, 5.41) is 24.5. The van der Waals surface area contributed by atoms with Gasteiger partial charge in [0.2, 0.25) is 0 Å². The van der Waals surface area contributed by atoms with Gasteiger partial charge in [0, 0.05) is 22.7 Å². The number of hydrogen-bond acceptors (Lipinski definition) is 6. The lowest BCUT2D eigenvalue weighted by Crippen LogP contribution is -2.11. The molecule has 2 heterocycles. The lowest BCUT2D eigenvalue weighted by Gasteiger charge is -2.23. The number of nitrogens with one attached hydrogen (secondary N) is 1. The third-order valence-corrected chi connectivity index (χ3v) is 6.58. The normalized spacial score (nSPS) is 16.8. The van der Waals surface area contributed by atoms with Crippen molar-refractivity contribution in [3.63, 3.8) is 0 Å². The van der Waals surface area contributed by atoms with Crippen LogP contribution in [0.2, 0.25) is 0 Å². The molecular weight excluding hydrogens is 390 g/mol. The van der Waals surface area contributed by atoms with Gasteiger partial charge < -0.3 is 9.84 Å². The molecular formula is C24H29N5O2. The zero-order valence-electron chi connectivity index (χ0n) is 17.8. The molecule has 0 amide bonds. The summed E-state index contributed by atoms with van der Waals surface area (Å²) >= 11 is 0. The second-order valence-electron chi connectivity index (χ2n) is 8.53. The average Bonchev–Trinajstić information content (AvgIpc) is 3.48. The maximum Gasteiger partial charge on any atom is 0.181 e. The van der Waals surface area contributed by atoms with Crippen LogP contribution >= 0.6 is 0 Å². The predicted octanol–water partition coefficient (Wildman–Crippen LogP) is 4.23. The first-order chi connectivity index (χ1) is 15.4. The summed E-state index contributed by atoms with van der Waals surface area (Å²) in [6.07, 6.45) is 10.3. The number of aromatic amines is 1. The Hall–Kier alpha value is -2.80. The maximum absolute atomic E-state index is 9.34. The van der Waals surface area contributed by atoms with E-state index in [-0.39, 0.29) is 13.2 Å². The molecule has 7 nitrogen and oxygen atoms in total. The highest BCUT2D eigenvalue weighted by Gasteiger charge is 2.31. The van der Waals surface area contributed by atoms with Gasteiger partial charge in [-0.25, -0.2) is 5.10 Å². The standard InChI is InChI=1S/C24H29N5O2/c30-14-15-31-20-13-7-6-11-18(20)21-17-10-2-1-3-12-19(17)25-23(16-8-4-5-9-16)22(21)24-26-28-29-27-24/h6-7,11,13,16,30H,1-5,8-10,12,14-15H2,(H,26,27,28,29). The molecule has 0 saturated heterocycles. The SMILES string of the molecule is OCCOc1ccccc1-c1c2c(nc(C3CCCC3)c1-c1nnn[nH]1)CCCCC2. The number of ether oxygens (including phenoxy) is 1. The van der Waals surface area contributed by atoms with E-state index in [1.165, 1.54) is 36.9 Å². The molecule has 0 aliphatic heterocycles. The molecule has 1 saturated carbocycles. The van der Waals surface area contributed by atoms with Crippen molar-refractivity contribution in [2.75, 3.05) is 13.2 Å². The molecule has 0 radical (unpaired) electrons. The van der Waals surface area contributed by atoms with Gasteiger partial charge in [-0.3, -0.25) is 4.98 Å². The van der Waals surface area contributed by atoms with Crippen LogP contribution in [0.15, 0.2) is 24.3 Å². The number of aryl methyl sites for hydroxylation is 1. The minimum atomic E-state index is -0.0189. The van der Waals surface area contributed by atoms with Gasteiger partial charge in [0.05, 0.1) is 17.9 Å². The van der Waals surface area contributed by atoms with Crippen LogP contribution in [0.3, 0.4) is 0 Å². The monoisotopic (exact) mass is 419 g/mol. The summed E-state index contributed by atoms with van der Waals surface area (Å²) in [6.45, 7) is 0.244. The van der Waals surface area contributed by atoms with Gasteiger partial charge in [-0.1, -0.05) is 37.5 Å². The molecule has 2 aliphatic carbocycles. The fourth-order valence-corrected chi connectivity index (χ4v) is 5.19. The molecule has 5 rings (SSSR count). The lowest BCUT2D eigenvalue weighted by molar-refractivity contribution is 0.202. The number of rotatable bonds is 6. The Bertz CT molecular complexity index is 1030. The van der Waals surface area contributed by atoms with E-state index in [0.717, 1.165) is 60.2 Å². The molecule has 0 spiro atoms. The molecule has 2 aromatic heterocycles. The molecule has 2 aliphatic rings. The van der Waals surface area contributed by atoms with E-state index in [2.05, 4.69) is 26.7 Å². The Balaban J connectivity index is 1.80. The largest absolute Gasteiger partial charge is 0.491 e. The molecule has 0 bridgehead atoms. The van der Waals surface area contributed by atoms with Crippen LogP contribution in [0.1, 0.15) is 67.8 Å². The van der Waals surface area contributed by atoms with Crippen LogP contribution in [0.5, 0.6) is 5.75 Å². The lowest BCUT2D eigenvalue weighted by atomic mass is 9.86. The molecule has 162 valence electrons. The zero-order valence-corrected chi connectivity index (χ0v) is 17.8. The molecule has 2 N–H and O–H groups in total. The number of aliphatic hydroxyl groups excluding tert-OH is 1. The summed E-state index contributed by atoms with van der Waals surface area (Å²) in [5.41, 5.74) is 6.86. The minimum absolute atomic E-state index is 0.0189. The Morgan fingerprint density at radius 3 is 2.65 bits per heavy atom. The van der Waals surface area contributed by atoms with Crippen molar-refractivity contribution in [2.24, 2.45) is 0 Å². The first-order valence-corrected chi connectivity index (χ1v) is 11.5. The minimum Gasteiger partial charge on any atom is -0.491 e. The maximum atomic E-state index is 9.34. The van der Waals surface area contributed by atoms with Crippen LogP contribution in [-0.4, -0.2) is 43.9 Å². The molecule has 0 atom stereocenters. The highest BCUT2D eigenvalue weighted by Crippen LogP contribution is 2.46. The van der Waals surface area contributed by atoms with Crippen molar-refractivity contribution >= 4 is 0 Å². The van der Waals surface area contributed by atoms with E-state index >= 15 is 0 Å². The topological polar surface area (TPSA) is 96.8 Å². The second kappa shape index (κ2) is 9.14. The summed E-state index contributed by atoms with van der Waals surface area (Å²) < 4.78 is 5.97. The third kappa shape index (κ3) is 3.94. The van der Waals surface area contributed by atoms with Gasteiger partial charge >= 0.3 is 0 Å². The Morgan fingerprint density at radius 1 is 1.00 bits per heavy atom. The number of H-pyrrole nitrogens is 1. The van der Waals surface area contributed by atoms with E-state index in [4.69, 9.17) is 9.72 Å². The van der Waals surface area contributed by atoms with Crippen LogP contribution in [-0.2, 0) is 12.8 Å². The number of benzene rings is 1. The molecule has 7 heteroatoms. The number of aromatic nitrogens is 5. The van der Waals surface area contributed by atoms with Gasteiger partial charge in [0.15, 0.2) is 5.82 Å². The first-order valence-electron chi connectivity index (χ1n) is 11.5. The van der Waals surface area contributed by atoms with Gasteiger partial charge in [-0.15, -0.1) is 5.10 Å². The van der Waals surface area contributed by atoms with Crippen LogP contribution < -0.4 is 4.74 Å². The Kier molecular flexibility index (Phi) is 5.93. The fourth-order valence-electron chi connectivity index (χ4n) is 5.19. The van der Waals surface area contributed by atoms with Crippen molar-refractivity contribution in [3.05, 3.63) is 41.2 Å². The number of hydrogen-bond donors (Lipinski definition) is 2. The Labute approximate surface area is 182 Å². The van der Waals surface area contributed by atoms with Crippen molar-refractivity contribution in [3.8, 4) is 28.3 Å². The molecule has 3 aromatic rings. The summed E-state index contributed by atoms with van der Waals surface area (Å²) in [7, 11) is 0. The number of pyridine rings is 1. The average molecular weight is 420 g/mol. The van der Waals surface area contributed by atoms with Gasteiger partial charge in [0.25, 0.3) is 0 Å². The number of tetrazole rings is 1. The summed E-state index contributed by atoms with van der Waals surface area (Å²) in [5.74, 6) is 1.88. The van der Waals surface area contributed by atoms with E-state index in [0.29, 0.717) is 11.7 Å². The molecule has 1 aromatic carbocycles. The fraction of sp³-hybridized carbons (Fsp3) is 0.500. The van der Waals surface area contributed by atoms with E-state index in [9.17, 15) is 5.11 Å². The van der Waals surface area contributed by atoms with Crippen molar-refractivity contribution in [1.82, 2.24) is 25.6 Å². The van der Waals surface area contributed by atoms with Crippen LogP contribution in [0.4, 0.5) is 0 Å². The van der Waals surface area contributed by atoms with E-state index in [1.807, 2.05) is 18.2 Å². The summed E-state index contributed by atoms with van der Waals surface area (Å²) in [4.78, 5) is 5.29. The van der Waals surface area contributed by atoms with E-state index < -0.39 is 0 Å². The number of aliphatic hydroxyl groups is 1. The van der Waals surface area contributed by atoms with Crippen LogP contribution in [0, 0.1) is 0 Å². The molecule has 1 fully saturated rings. The van der Waals surface area contributed by atoms with Crippen molar-refractivity contribution in [1.29, 1.82) is 0 Å². The molecule has 0 unspecified atom stereocenters. The number of para-hydroxylation sites is 1. The third-order valence-electron chi connectivity index (χ3n) is 6.58. The number of nitrogens with zero attached hydrogens (tertiary/aromatic N) is 4. The highest BCUT2D eigenvalue weighted by atomic mass is 16.5. The first kappa shape index (κ1) is 20.1. The number of fused-ring (bicyclic) bond motifs is 1. The Morgan fingerprint density at radius 2 is 1.84 bits per heavy atom.